The van der Waals surface area contributed by atoms with Crippen molar-refractivity contribution in [1.29, 1.82) is 0 Å². The maximum Gasteiger partial charge on any atom is 0.417 e. The second-order valence-corrected chi connectivity index (χ2v) is 10.4. The number of amidine groups is 1. The Morgan fingerprint density at radius 2 is 1.85 bits per heavy atom. The number of phenolic OH excluding ortho intramolecular Hbond substituents is 1. The standard InChI is InChI=1S/C26H33F3N4O7S/c1-8-39-25(36)22(41(37)38)20(23(30)32-19(12(2)3)17-11-13(4)14(5)40-17)31-16-10-9-15(26(27,28)29)18(21(16)34)24(35)33(6)7/h9-12,19,31,34H,8H2,1-7H3,(H2,30,32)(H,37,38)/b22-20+/t19-/m1/s1. The van der Waals surface area contributed by atoms with Gasteiger partial charge in [0.05, 0.1) is 23.4 Å². The molecular formula is C26H33F3N4O7S. The van der Waals surface area contributed by atoms with Gasteiger partial charge in [-0.3, -0.25) is 9.79 Å². The molecule has 11 nitrogen and oxygen atoms in total. The van der Waals surface area contributed by atoms with Gasteiger partial charge in [0.1, 0.15) is 29.1 Å². The normalized spacial score (nSPS) is 14.4. The summed E-state index contributed by atoms with van der Waals surface area (Å²) in [6.07, 6.45) is -5.01. The summed E-state index contributed by atoms with van der Waals surface area (Å²) in [5.41, 5.74) is 3.40. The first-order valence-corrected chi connectivity index (χ1v) is 13.4. The Morgan fingerprint density at radius 3 is 2.29 bits per heavy atom. The van der Waals surface area contributed by atoms with Crippen LogP contribution in [0.25, 0.3) is 0 Å². The highest BCUT2D eigenvalue weighted by Gasteiger charge is 2.38. The molecule has 2 rings (SSSR count). The lowest BCUT2D eigenvalue weighted by Gasteiger charge is -2.22. The van der Waals surface area contributed by atoms with Gasteiger partial charge in [0.25, 0.3) is 5.91 Å². The average Bonchev–Trinajstić information content (AvgIpc) is 3.18. The zero-order chi connectivity index (χ0) is 31.4. The summed E-state index contributed by atoms with van der Waals surface area (Å²) in [5, 5.41) is 13.3. The van der Waals surface area contributed by atoms with Crippen LogP contribution in [0.5, 0.6) is 5.75 Å². The third kappa shape index (κ3) is 7.67. The van der Waals surface area contributed by atoms with E-state index in [4.69, 9.17) is 14.9 Å². The lowest BCUT2D eigenvalue weighted by Crippen LogP contribution is -2.29. The number of anilines is 1. The number of hydrogen-bond acceptors (Lipinski definition) is 8. The van der Waals surface area contributed by atoms with Crippen LogP contribution in [0.2, 0.25) is 0 Å². The number of aryl methyl sites for hydroxylation is 2. The Balaban J connectivity index is 2.87. The van der Waals surface area contributed by atoms with Crippen LogP contribution in [-0.4, -0.2) is 57.2 Å². The lowest BCUT2D eigenvalue weighted by molar-refractivity contribution is -0.138. The van der Waals surface area contributed by atoms with Gasteiger partial charge in [0, 0.05) is 14.1 Å². The molecule has 1 heterocycles. The lowest BCUT2D eigenvalue weighted by atomic mass is 10.0. The molecule has 0 radical (unpaired) electrons. The van der Waals surface area contributed by atoms with Crippen LogP contribution in [0.1, 0.15) is 59.8 Å². The van der Waals surface area contributed by atoms with Crippen LogP contribution in [0.4, 0.5) is 18.9 Å². The topological polar surface area (TPSA) is 168 Å². The van der Waals surface area contributed by atoms with E-state index >= 15 is 0 Å². The summed E-state index contributed by atoms with van der Waals surface area (Å²) in [5.74, 6) is -3.36. The molecular weight excluding hydrogens is 569 g/mol. The fourth-order valence-electron chi connectivity index (χ4n) is 3.70. The van der Waals surface area contributed by atoms with E-state index in [0.717, 1.165) is 16.5 Å². The number of esters is 1. The van der Waals surface area contributed by atoms with E-state index in [2.05, 4.69) is 10.3 Å². The fourth-order valence-corrected chi connectivity index (χ4v) is 4.23. The SMILES string of the molecule is CCOC(=O)/C(=C(\Nc1ccc(C(F)(F)F)c(C(=O)N(C)C)c1O)C(N)=N[C@@H](c1cc(C)c(C)o1)C(C)C)S(=O)O. The first kappa shape index (κ1) is 33.4. The molecule has 226 valence electrons. The van der Waals surface area contributed by atoms with Crippen molar-refractivity contribution in [2.45, 2.75) is 46.8 Å². The van der Waals surface area contributed by atoms with Gasteiger partial charge in [-0.25, -0.2) is 9.00 Å². The number of furan rings is 1. The summed E-state index contributed by atoms with van der Waals surface area (Å²) >= 11 is -3.05. The van der Waals surface area contributed by atoms with Crippen molar-refractivity contribution < 1.29 is 45.8 Å². The van der Waals surface area contributed by atoms with E-state index < -0.39 is 74.2 Å². The smallest absolute Gasteiger partial charge is 0.417 e. The Labute approximate surface area is 237 Å². The van der Waals surface area contributed by atoms with E-state index in [1.54, 1.807) is 26.8 Å². The van der Waals surface area contributed by atoms with Crippen molar-refractivity contribution in [2.24, 2.45) is 16.6 Å². The van der Waals surface area contributed by atoms with Crippen molar-refractivity contribution >= 4 is 34.5 Å². The van der Waals surface area contributed by atoms with Crippen molar-refractivity contribution in [3.8, 4) is 5.75 Å². The first-order valence-electron chi connectivity index (χ1n) is 12.3. The second kappa shape index (κ2) is 13.2. The Bertz CT molecular complexity index is 1380. The van der Waals surface area contributed by atoms with Crippen LogP contribution in [-0.2, 0) is 26.8 Å². The van der Waals surface area contributed by atoms with E-state index in [1.165, 1.54) is 21.0 Å². The minimum atomic E-state index is -5.01. The van der Waals surface area contributed by atoms with Gasteiger partial charge in [-0.2, -0.15) is 13.2 Å². The molecule has 2 aromatic rings. The summed E-state index contributed by atoms with van der Waals surface area (Å²) in [6.45, 7) is 8.39. The van der Waals surface area contributed by atoms with Crippen LogP contribution in [0.15, 0.2) is 38.2 Å². The fraction of sp³-hybridized carbons (Fsp3) is 0.423. The third-order valence-electron chi connectivity index (χ3n) is 5.87. The number of nitrogens with two attached hydrogens (primary N) is 1. The van der Waals surface area contributed by atoms with Crippen LogP contribution in [0, 0.1) is 19.8 Å². The molecule has 0 aliphatic heterocycles. The maximum atomic E-state index is 13.7. The molecule has 0 spiro atoms. The number of aliphatic imine (C=N–C) groups is 1. The van der Waals surface area contributed by atoms with E-state index in [1.807, 2.05) is 6.92 Å². The van der Waals surface area contributed by atoms with Gasteiger partial charge in [-0.1, -0.05) is 13.8 Å². The highest BCUT2D eigenvalue weighted by molar-refractivity contribution is 7.84. The van der Waals surface area contributed by atoms with Crippen molar-refractivity contribution in [3.63, 3.8) is 0 Å². The summed E-state index contributed by atoms with van der Waals surface area (Å²) in [7, 11) is 2.38. The molecule has 0 aliphatic rings. The number of halogens is 3. The number of nitrogens with one attached hydrogen (secondary N) is 1. The molecule has 0 aliphatic carbocycles. The van der Waals surface area contributed by atoms with E-state index in [-0.39, 0.29) is 12.5 Å². The monoisotopic (exact) mass is 602 g/mol. The largest absolute Gasteiger partial charge is 0.505 e. The number of aromatic hydroxyl groups is 1. The highest BCUT2D eigenvalue weighted by atomic mass is 32.2. The number of alkyl halides is 3. The number of nitrogens with zero attached hydrogens (tertiary/aromatic N) is 2. The Morgan fingerprint density at radius 1 is 1.24 bits per heavy atom. The average molecular weight is 603 g/mol. The predicted octanol–water partition coefficient (Wildman–Crippen LogP) is 4.49. The molecule has 0 saturated heterocycles. The molecule has 2 atom stereocenters. The molecule has 1 aromatic heterocycles. The zero-order valence-electron chi connectivity index (χ0n) is 23.5. The van der Waals surface area contributed by atoms with Gasteiger partial charge in [0.15, 0.2) is 21.7 Å². The number of benzene rings is 1. The zero-order valence-corrected chi connectivity index (χ0v) is 24.4. The highest BCUT2D eigenvalue weighted by Crippen LogP contribution is 2.40. The number of phenols is 1. The van der Waals surface area contributed by atoms with Gasteiger partial charge in [0.2, 0.25) is 0 Å². The molecule has 1 amide bonds. The number of amides is 1. The molecule has 0 saturated carbocycles. The second-order valence-electron chi connectivity index (χ2n) is 9.47. The molecule has 5 N–H and O–H groups in total. The van der Waals surface area contributed by atoms with Gasteiger partial charge in [-0.05, 0) is 50.5 Å². The molecule has 1 unspecified atom stereocenters. The van der Waals surface area contributed by atoms with Crippen molar-refractivity contribution in [2.75, 3.05) is 26.0 Å². The Kier molecular flexibility index (Phi) is 10.7. The van der Waals surface area contributed by atoms with E-state index in [9.17, 15) is 36.6 Å². The van der Waals surface area contributed by atoms with E-state index in [0.29, 0.717) is 17.6 Å². The van der Waals surface area contributed by atoms with Crippen molar-refractivity contribution in [1.82, 2.24) is 4.90 Å². The van der Waals surface area contributed by atoms with Crippen LogP contribution < -0.4 is 11.1 Å². The van der Waals surface area contributed by atoms with Crippen molar-refractivity contribution in [3.05, 3.63) is 57.0 Å². The molecule has 15 heteroatoms. The molecule has 41 heavy (non-hydrogen) atoms. The van der Waals surface area contributed by atoms with Crippen LogP contribution >= 0.6 is 0 Å². The van der Waals surface area contributed by atoms with Gasteiger partial charge >= 0.3 is 12.1 Å². The first-order chi connectivity index (χ1) is 18.9. The minimum Gasteiger partial charge on any atom is -0.505 e. The Hall–Kier alpha value is -3.85. The predicted molar refractivity (Wildman–Crippen MR) is 147 cm³/mol. The maximum absolute atomic E-state index is 13.7. The number of hydrogen-bond donors (Lipinski definition) is 4. The van der Waals surface area contributed by atoms with Gasteiger partial charge in [-0.15, -0.1) is 0 Å². The minimum absolute atomic E-state index is 0.198. The molecule has 0 bridgehead atoms. The number of carbonyl (C=O) groups is 2. The quantitative estimate of drug-likeness (QED) is 0.0765. The number of rotatable bonds is 10. The number of carbonyl (C=O) groups excluding carboxylic acids is 2. The number of ether oxygens (including phenoxy) is 1. The van der Waals surface area contributed by atoms with Crippen LogP contribution in [0.3, 0.4) is 0 Å². The third-order valence-corrected chi connectivity index (χ3v) is 6.59. The molecule has 1 aromatic carbocycles. The van der Waals surface area contributed by atoms with Gasteiger partial charge < -0.3 is 34.8 Å². The molecule has 0 fully saturated rings. The summed E-state index contributed by atoms with van der Waals surface area (Å²) in [4.78, 5) is 29.7. The summed E-state index contributed by atoms with van der Waals surface area (Å²) < 4.78 is 74.2. The summed E-state index contributed by atoms with van der Waals surface area (Å²) in [6, 6.07) is 2.28.